The number of pyridine rings is 1. The van der Waals surface area contributed by atoms with Crippen LogP contribution in [0.25, 0.3) is 0 Å². The average molecular weight is 363 g/mol. The molecule has 0 radical (unpaired) electrons. The first-order chi connectivity index (χ1) is 12.3. The van der Waals surface area contributed by atoms with Crippen LogP contribution in [0.1, 0.15) is 21.5 Å². The Morgan fingerprint density at radius 3 is 2.69 bits per heavy atom. The van der Waals surface area contributed by atoms with Gasteiger partial charge in [0.25, 0.3) is 11.5 Å². The first kappa shape index (κ1) is 17.5. The highest BCUT2D eigenvalue weighted by atomic mass is 19.4. The number of carbonyl (C=O) groups is 1. The highest BCUT2D eigenvalue weighted by molar-refractivity contribution is 6.03. The minimum Gasteiger partial charge on any atom is -0.363 e. The van der Waals surface area contributed by atoms with Gasteiger partial charge in [0.1, 0.15) is 11.8 Å². The van der Waals surface area contributed by atoms with Crippen LogP contribution in [0, 0.1) is 0 Å². The zero-order chi connectivity index (χ0) is 18.7. The zero-order valence-electron chi connectivity index (χ0n) is 13.2. The van der Waals surface area contributed by atoms with Gasteiger partial charge in [-0.3, -0.25) is 9.59 Å². The molecule has 3 rings (SSSR count). The molecule has 134 valence electrons. The fourth-order valence-corrected chi connectivity index (χ4v) is 2.34. The topological polar surface area (TPSA) is 77.1 Å². The number of hydrogen-bond acceptors (Lipinski definition) is 4. The normalized spacial score (nSPS) is 11.3. The van der Waals surface area contributed by atoms with Crippen LogP contribution in [0.15, 0.2) is 64.2 Å². The third kappa shape index (κ3) is 3.82. The first-order valence-electron chi connectivity index (χ1n) is 7.42. The van der Waals surface area contributed by atoms with E-state index >= 15 is 0 Å². The van der Waals surface area contributed by atoms with Gasteiger partial charge in [-0.2, -0.15) is 13.2 Å². The Morgan fingerprint density at radius 1 is 1.19 bits per heavy atom. The summed E-state index contributed by atoms with van der Waals surface area (Å²) in [5.74, 6) is -0.551. The summed E-state index contributed by atoms with van der Waals surface area (Å²) in [6, 6.07) is 8.85. The van der Waals surface area contributed by atoms with Crippen LogP contribution in [-0.4, -0.2) is 15.6 Å². The molecule has 0 atom stereocenters. The van der Waals surface area contributed by atoms with Crippen molar-refractivity contribution in [1.29, 1.82) is 0 Å². The summed E-state index contributed by atoms with van der Waals surface area (Å²) < 4.78 is 44.1. The van der Waals surface area contributed by atoms with Crippen LogP contribution in [-0.2, 0) is 12.7 Å². The molecule has 0 unspecified atom stereocenters. The highest BCUT2D eigenvalue weighted by Gasteiger charge is 2.30. The Kier molecular flexibility index (Phi) is 4.61. The largest absolute Gasteiger partial charge is 0.416 e. The number of aromatic nitrogens is 2. The molecule has 9 heteroatoms. The summed E-state index contributed by atoms with van der Waals surface area (Å²) >= 11 is 0. The molecule has 1 aromatic carbocycles. The van der Waals surface area contributed by atoms with E-state index in [4.69, 9.17) is 0 Å². The van der Waals surface area contributed by atoms with E-state index in [1.54, 1.807) is 0 Å². The lowest BCUT2D eigenvalue weighted by atomic mass is 10.1. The molecule has 1 N–H and O–H groups in total. The van der Waals surface area contributed by atoms with E-state index in [-0.39, 0.29) is 23.5 Å². The van der Waals surface area contributed by atoms with Gasteiger partial charge in [0, 0.05) is 12.3 Å². The Bertz CT molecular complexity index is 979. The molecule has 0 bridgehead atoms. The number of hydrogen-bond donors (Lipinski definition) is 1. The van der Waals surface area contributed by atoms with Crippen molar-refractivity contribution in [2.75, 3.05) is 5.32 Å². The van der Waals surface area contributed by atoms with E-state index in [1.807, 2.05) is 0 Å². The van der Waals surface area contributed by atoms with Crippen LogP contribution in [0.5, 0.6) is 0 Å². The third-order valence-corrected chi connectivity index (χ3v) is 3.55. The Hall–Kier alpha value is -3.36. The number of alkyl halides is 3. The molecule has 0 aliphatic heterocycles. The van der Waals surface area contributed by atoms with Gasteiger partial charge in [-0.05, 0) is 29.8 Å². The van der Waals surface area contributed by atoms with E-state index < -0.39 is 23.2 Å². The highest BCUT2D eigenvalue weighted by Crippen LogP contribution is 2.29. The Labute approximate surface area is 144 Å². The van der Waals surface area contributed by atoms with E-state index in [9.17, 15) is 22.8 Å². The minimum atomic E-state index is -4.47. The number of nitrogens with zero attached hydrogens (tertiary/aromatic N) is 2. The summed E-state index contributed by atoms with van der Waals surface area (Å²) in [4.78, 5) is 24.6. The smallest absolute Gasteiger partial charge is 0.363 e. The average Bonchev–Trinajstić information content (AvgIpc) is 3.09. The summed E-state index contributed by atoms with van der Waals surface area (Å²) in [7, 11) is 0. The predicted molar refractivity (Wildman–Crippen MR) is 85.7 cm³/mol. The van der Waals surface area contributed by atoms with Gasteiger partial charge in [0.05, 0.1) is 12.1 Å². The maximum atomic E-state index is 12.8. The predicted octanol–water partition coefficient (Wildman–Crippen LogP) is 3.16. The molecule has 0 aliphatic rings. The standard InChI is InChI=1S/C17H12F3N3O3/c18-17(19,20)12-4-1-3-11(9-12)10-23-7-2-5-13(16(23)25)15(24)21-14-6-8-26-22-14/h1-9H,10H2,(H,21,22,24). The van der Waals surface area contributed by atoms with Gasteiger partial charge >= 0.3 is 6.18 Å². The van der Waals surface area contributed by atoms with E-state index in [0.717, 1.165) is 16.7 Å². The lowest BCUT2D eigenvalue weighted by Crippen LogP contribution is -2.29. The van der Waals surface area contributed by atoms with Crippen molar-refractivity contribution >= 4 is 11.7 Å². The Morgan fingerprint density at radius 2 is 2.00 bits per heavy atom. The van der Waals surface area contributed by atoms with Gasteiger partial charge in [0.15, 0.2) is 5.82 Å². The number of halogens is 3. The summed E-state index contributed by atoms with van der Waals surface area (Å²) in [6.45, 7) is -0.103. The van der Waals surface area contributed by atoms with Crippen LogP contribution >= 0.6 is 0 Å². The van der Waals surface area contributed by atoms with Crippen molar-refractivity contribution in [1.82, 2.24) is 9.72 Å². The molecule has 0 saturated carbocycles. The number of rotatable bonds is 4. The molecular weight excluding hydrogens is 351 g/mol. The second-order valence-electron chi connectivity index (χ2n) is 5.39. The number of benzene rings is 1. The van der Waals surface area contributed by atoms with Gasteiger partial charge in [-0.1, -0.05) is 17.3 Å². The Balaban J connectivity index is 1.86. The second kappa shape index (κ2) is 6.87. The quantitative estimate of drug-likeness (QED) is 0.773. The van der Waals surface area contributed by atoms with Gasteiger partial charge in [-0.15, -0.1) is 0 Å². The SMILES string of the molecule is O=C(Nc1ccon1)c1cccn(Cc2cccc(C(F)(F)F)c2)c1=O. The maximum absolute atomic E-state index is 12.8. The number of anilines is 1. The van der Waals surface area contributed by atoms with Crippen LogP contribution in [0.4, 0.5) is 19.0 Å². The van der Waals surface area contributed by atoms with Crippen LogP contribution < -0.4 is 10.9 Å². The minimum absolute atomic E-state index is 0.103. The monoisotopic (exact) mass is 363 g/mol. The lowest BCUT2D eigenvalue weighted by Gasteiger charge is -2.11. The second-order valence-corrected chi connectivity index (χ2v) is 5.39. The van der Waals surface area contributed by atoms with Crippen molar-refractivity contribution < 1.29 is 22.5 Å². The van der Waals surface area contributed by atoms with Gasteiger partial charge < -0.3 is 14.4 Å². The fourth-order valence-electron chi connectivity index (χ4n) is 2.34. The molecule has 0 fully saturated rings. The van der Waals surface area contributed by atoms with Crippen molar-refractivity contribution in [3.05, 3.63) is 82.0 Å². The van der Waals surface area contributed by atoms with Gasteiger partial charge in [0.2, 0.25) is 0 Å². The molecule has 0 spiro atoms. The van der Waals surface area contributed by atoms with E-state index in [2.05, 4.69) is 15.0 Å². The van der Waals surface area contributed by atoms with E-state index in [0.29, 0.717) is 0 Å². The van der Waals surface area contributed by atoms with E-state index in [1.165, 1.54) is 42.8 Å². The molecule has 0 saturated heterocycles. The maximum Gasteiger partial charge on any atom is 0.416 e. The molecule has 6 nitrogen and oxygen atoms in total. The van der Waals surface area contributed by atoms with Crippen LogP contribution in [0.3, 0.4) is 0 Å². The van der Waals surface area contributed by atoms with Crippen molar-refractivity contribution in [3.8, 4) is 0 Å². The van der Waals surface area contributed by atoms with Crippen LogP contribution in [0.2, 0.25) is 0 Å². The number of nitrogens with one attached hydrogen (secondary N) is 1. The lowest BCUT2D eigenvalue weighted by molar-refractivity contribution is -0.137. The van der Waals surface area contributed by atoms with Crippen molar-refractivity contribution in [2.24, 2.45) is 0 Å². The summed E-state index contributed by atoms with van der Waals surface area (Å²) in [5, 5.41) is 5.91. The third-order valence-electron chi connectivity index (χ3n) is 3.55. The zero-order valence-corrected chi connectivity index (χ0v) is 13.2. The first-order valence-corrected chi connectivity index (χ1v) is 7.42. The summed E-state index contributed by atoms with van der Waals surface area (Å²) in [5.41, 5.74) is -1.31. The van der Waals surface area contributed by atoms with Crippen molar-refractivity contribution in [3.63, 3.8) is 0 Å². The van der Waals surface area contributed by atoms with Gasteiger partial charge in [-0.25, -0.2) is 0 Å². The molecule has 26 heavy (non-hydrogen) atoms. The fraction of sp³-hybridized carbons (Fsp3) is 0.118. The molecule has 3 aromatic rings. The molecule has 0 aliphatic carbocycles. The number of amides is 1. The molecule has 2 aromatic heterocycles. The molecule has 1 amide bonds. The van der Waals surface area contributed by atoms with Crippen molar-refractivity contribution in [2.45, 2.75) is 12.7 Å². The number of carbonyl (C=O) groups excluding carboxylic acids is 1. The molecule has 2 heterocycles. The molecular formula is C17H12F3N3O3. The summed E-state index contributed by atoms with van der Waals surface area (Å²) in [6.07, 6.45) is -1.82.